The first-order valence-electron chi connectivity index (χ1n) is 5.23. The number of rotatable bonds is 3. The Kier molecular flexibility index (Phi) is 3.96. The van der Waals surface area contributed by atoms with Gasteiger partial charge < -0.3 is 5.11 Å². The minimum atomic E-state index is -0.419. The van der Waals surface area contributed by atoms with Gasteiger partial charge in [-0.05, 0) is 45.9 Å². The van der Waals surface area contributed by atoms with Crippen LogP contribution in [0.25, 0.3) is 0 Å². The average molecular weight is 324 g/mol. The van der Waals surface area contributed by atoms with Crippen LogP contribution in [0.3, 0.4) is 0 Å². The van der Waals surface area contributed by atoms with Crippen LogP contribution < -0.4 is 0 Å². The van der Waals surface area contributed by atoms with Gasteiger partial charge in [0.1, 0.15) is 0 Å². The van der Waals surface area contributed by atoms with E-state index in [0.717, 1.165) is 14.7 Å². The first-order valence-corrected chi connectivity index (χ1v) is 6.31. The maximum atomic E-state index is 10.1. The van der Waals surface area contributed by atoms with E-state index in [1.165, 1.54) is 0 Å². The molecule has 0 heterocycles. The Morgan fingerprint density at radius 3 is 2.44 bits per heavy atom. The zero-order valence-electron chi connectivity index (χ0n) is 8.81. The van der Waals surface area contributed by atoms with Crippen LogP contribution in [0.5, 0.6) is 0 Å². The van der Waals surface area contributed by atoms with E-state index in [0.29, 0.717) is 6.42 Å². The molecule has 0 aromatic heterocycles. The van der Waals surface area contributed by atoms with Crippen LogP contribution in [0.2, 0.25) is 0 Å². The van der Waals surface area contributed by atoms with E-state index < -0.39 is 6.10 Å². The van der Waals surface area contributed by atoms with Crippen molar-refractivity contribution in [3.05, 3.63) is 69.3 Å². The second-order valence-electron chi connectivity index (χ2n) is 3.76. The lowest BCUT2D eigenvalue weighted by Crippen LogP contribution is -2.01. The fourth-order valence-electron chi connectivity index (χ4n) is 1.67. The van der Waals surface area contributed by atoms with Gasteiger partial charge >= 0.3 is 0 Å². The quantitative estimate of drug-likeness (QED) is 0.856. The summed E-state index contributed by atoms with van der Waals surface area (Å²) in [7, 11) is 0. The van der Waals surface area contributed by atoms with Gasteiger partial charge in [0.15, 0.2) is 0 Å². The van der Waals surface area contributed by atoms with Crippen LogP contribution in [0.1, 0.15) is 17.2 Å². The highest BCUT2D eigenvalue weighted by molar-refractivity contribution is 14.1. The highest BCUT2D eigenvalue weighted by Crippen LogP contribution is 2.19. The summed E-state index contributed by atoms with van der Waals surface area (Å²) in [5.41, 5.74) is 2.14. The number of benzene rings is 2. The fraction of sp³-hybridized carbons (Fsp3) is 0.143. The molecule has 0 radical (unpaired) electrons. The number of aliphatic hydroxyl groups is 1. The molecule has 2 heteroatoms. The van der Waals surface area contributed by atoms with Gasteiger partial charge in [0.25, 0.3) is 0 Å². The minimum Gasteiger partial charge on any atom is -0.388 e. The van der Waals surface area contributed by atoms with Crippen LogP contribution in [-0.2, 0) is 6.42 Å². The molecule has 1 nitrogen and oxygen atoms in total. The van der Waals surface area contributed by atoms with Crippen LogP contribution in [-0.4, -0.2) is 5.11 Å². The molecule has 0 amide bonds. The van der Waals surface area contributed by atoms with Crippen molar-refractivity contribution < 1.29 is 5.11 Å². The number of aliphatic hydroxyl groups excluding tert-OH is 1. The molecule has 0 aliphatic rings. The molecule has 1 unspecified atom stereocenters. The van der Waals surface area contributed by atoms with E-state index in [1.54, 1.807) is 0 Å². The summed E-state index contributed by atoms with van der Waals surface area (Å²) in [5.74, 6) is 0. The van der Waals surface area contributed by atoms with Crippen LogP contribution in [0, 0.1) is 3.57 Å². The van der Waals surface area contributed by atoms with Gasteiger partial charge in [0, 0.05) is 9.99 Å². The smallest absolute Gasteiger partial charge is 0.0830 e. The molecular weight excluding hydrogens is 311 g/mol. The fourth-order valence-corrected chi connectivity index (χ4v) is 2.24. The first kappa shape index (κ1) is 11.6. The predicted molar refractivity (Wildman–Crippen MR) is 74.3 cm³/mol. The normalized spacial score (nSPS) is 12.4. The number of halogens is 1. The van der Waals surface area contributed by atoms with Crippen LogP contribution in [0.4, 0.5) is 0 Å². The maximum absolute atomic E-state index is 10.1. The summed E-state index contributed by atoms with van der Waals surface area (Å²) >= 11 is 2.26. The molecule has 0 saturated heterocycles. The highest BCUT2D eigenvalue weighted by atomic mass is 127. The van der Waals surface area contributed by atoms with Crippen molar-refractivity contribution in [2.24, 2.45) is 0 Å². The van der Waals surface area contributed by atoms with Crippen molar-refractivity contribution in [2.75, 3.05) is 0 Å². The standard InChI is InChI=1S/C14H13IO/c15-13-8-4-7-12(10-13)14(16)9-11-5-2-1-3-6-11/h1-8,10,14,16H,9H2. The molecule has 0 bridgehead atoms. The molecule has 2 aromatic carbocycles. The van der Waals surface area contributed by atoms with E-state index in [4.69, 9.17) is 0 Å². The van der Waals surface area contributed by atoms with Crippen molar-refractivity contribution in [3.8, 4) is 0 Å². The third-order valence-electron chi connectivity index (χ3n) is 2.51. The molecule has 16 heavy (non-hydrogen) atoms. The van der Waals surface area contributed by atoms with Crippen molar-refractivity contribution in [1.82, 2.24) is 0 Å². The zero-order chi connectivity index (χ0) is 11.4. The molecule has 0 saturated carbocycles. The third-order valence-corrected chi connectivity index (χ3v) is 3.18. The van der Waals surface area contributed by atoms with Gasteiger partial charge in [-0.25, -0.2) is 0 Å². The molecular formula is C14H13IO. The molecule has 2 rings (SSSR count). The van der Waals surface area contributed by atoms with Gasteiger partial charge in [0.05, 0.1) is 6.10 Å². The molecule has 2 aromatic rings. The summed E-state index contributed by atoms with van der Waals surface area (Å²) in [6.07, 6.45) is 0.248. The van der Waals surface area contributed by atoms with E-state index >= 15 is 0 Å². The monoisotopic (exact) mass is 324 g/mol. The van der Waals surface area contributed by atoms with Gasteiger partial charge in [-0.1, -0.05) is 42.5 Å². The second kappa shape index (κ2) is 5.46. The SMILES string of the molecule is OC(Cc1ccccc1)c1cccc(I)c1. The summed E-state index contributed by atoms with van der Waals surface area (Å²) in [6, 6.07) is 18.1. The molecule has 0 aliphatic carbocycles. The first-order chi connectivity index (χ1) is 7.75. The van der Waals surface area contributed by atoms with Gasteiger partial charge in [0.2, 0.25) is 0 Å². The Bertz CT molecular complexity index is 453. The second-order valence-corrected chi connectivity index (χ2v) is 5.01. The van der Waals surface area contributed by atoms with Crippen molar-refractivity contribution in [2.45, 2.75) is 12.5 Å². The Morgan fingerprint density at radius 2 is 1.75 bits per heavy atom. The van der Waals surface area contributed by atoms with Gasteiger partial charge in [-0.15, -0.1) is 0 Å². The Labute approximate surface area is 109 Å². The van der Waals surface area contributed by atoms with Crippen molar-refractivity contribution >= 4 is 22.6 Å². The molecule has 0 spiro atoms. The van der Waals surface area contributed by atoms with E-state index in [-0.39, 0.29) is 0 Å². The largest absolute Gasteiger partial charge is 0.388 e. The van der Waals surface area contributed by atoms with Gasteiger partial charge in [-0.2, -0.15) is 0 Å². The summed E-state index contributed by atoms with van der Waals surface area (Å²) in [5, 5.41) is 10.1. The van der Waals surface area contributed by atoms with E-state index in [2.05, 4.69) is 22.6 Å². The lowest BCUT2D eigenvalue weighted by atomic mass is 10.0. The average Bonchev–Trinajstić information content (AvgIpc) is 2.30. The van der Waals surface area contributed by atoms with Crippen LogP contribution >= 0.6 is 22.6 Å². The topological polar surface area (TPSA) is 20.2 Å². The molecule has 1 N–H and O–H groups in total. The number of hydrogen-bond donors (Lipinski definition) is 1. The van der Waals surface area contributed by atoms with Gasteiger partial charge in [-0.3, -0.25) is 0 Å². The zero-order valence-corrected chi connectivity index (χ0v) is 11.0. The third kappa shape index (κ3) is 3.06. The lowest BCUT2D eigenvalue weighted by Gasteiger charge is -2.11. The summed E-state index contributed by atoms with van der Waals surface area (Å²) < 4.78 is 1.15. The Balaban J connectivity index is 2.12. The minimum absolute atomic E-state index is 0.419. The molecule has 0 fully saturated rings. The Hall–Kier alpha value is -0.870. The Morgan fingerprint density at radius 1 is 1.00 bits per heavy atom. The van der Waals surface area contributed by atoms with Crippen LogP contribution in [0.15, 0.2) is 54.6 Å². The number of hydrogen-bond acceptors (Lipinski definition) is 1. The van der Waals surface area contributed by atoms with E-state index in [9.17, 15) is 5.11 Å². The molecule has 1 atom stereocenters. The lowest BCUT2D eigenvalue weighted by molar-refractivity contribution is 0.178. The summed E-state index contributed by atoms with van der Waals surface area (Å²) in [4.78, 5) is 0. The summed E-state index contributed by atoms with van der Waals surface area (Å²) in [6.45, 7) is 0. The van der Waals surface area contributed by atoms with E-state index in [1.807, 2.05) is 54.6 Å². The predicted octanol–water partition coefficient (Wildman–Crippen LogP) is 3.57. The van der Waals surface area contributed by atoms with Crippen molar-refractivity contribution in [1.29, 1.82) is 0 Å². The molecule has 0 aliphatic heterocycles. The molecule has 82 valence electrons. The highest BCUT2D eigenvalue weighted by Gasteiger charge is 2.08. The maximum Gasteiger partial charge on any atom is 0.0830 e. The van der Waals surface area contributed by atoms with Crippen molar-refractivity contribution in [3.63, 3.8) is 0 Å².